The van der Waals surface area contributed by atoms with Crippen molar-refractivity contribution in [2.24, 2.45) is 0 Å². The van der Waals surface area contributed by atoms with Gasteiger partial charge in [0.15, 0.2) is 0 Å². The largest absolute Gasteiger partial charge is 0.478 e. The van der Waals surface area contributed by atoms with E-state index in [0.29, 0.717) is 12.3 Å². The van der Waals surface area contributed by atoms with Crippen molar-refractivity contribution in [2.45, 2.75) is 18.2 Å². The van der Waals surface area contributed by atoms with E-state index in [1.54, 1.807) is 21.6 Å². The summed E-state index contributed by atoms with van der Waals surface area (Å²) in [4.78, 5) is 13.3. The minimum atomic E-state index is -0.905. The van der Waals surface area contributed by atoms with Crippen LogP contribution >= 0.6 is 33.2 Å². The van der Waals surface area contributed by atoms with Gasteiger partial charge in [0.05, 0.1) is 6.61 Å². The Bertz CT molecular complexity index is 568. The van der Waals surface area contributed by atoms with Gasteiger partial charge in [-0.05, 0) is 23.6 Å². The number of aliphatic carboxylic acids is 1. The lowest BCUT2D eigenvalue weighted by Gasteiger charge is -2.33. The molecule has 1 heterocycles. The van der Waals surface area contributed by atoms with Crippen LogP contribution in [0.15, 0.2) is 35.9 Å². The Hall–Kier alpha value is -0.660. The van der Waals surface area contributed by atoms with Gasteiger partial charge >= 0.3 is 5.97 Å². The van der Waals surface area contributed by atoms with Crippen LogP contribution in [0, 0.1) is 0 Å². The number of likely N-dealkylation sites (tertiary alicyclic amines) is 1. The first-order chi connectivity index (χ1) is 11.1. The van der Waals surface area contributed by atoms with Crippen LogP contribution in [-0.2, 0) is 11.3 Å². The van der Waals surface area contributed by atoms with Crippen LogP contribution in [0.5, 0.6) is 0 Å². The lowest BCUT2D eigenvalue weighted by molar-refractivity contribution is -0.131. The molecule has 0 radical (unpaired) electrons. The molecule has 0 amide bonds. The Kier molecular flexibility index (Phi) is 7.79. The van der Waals surface area contributed by atoms with Gasteiger partial charge < -0.3 is 10.2 Å². The molecule has 126 valence electrons. The number of hydrogen-bond acceptors (Lipinski definition) is 5. The first kappa shape index (κ1) is 18.7. The normalized spacial score (nSPS) is 20.8. The molecule has 1 saturated heterocycles. The second-order valence-corrected chi connectivity index (χ2v) is 8.38. The van der Waals surface area contributed by atoms with Gasteiger partial charge in [-0.2, -0.15) is 0 Å². The smallest absolute Gasteiger partial charge is 0.328 e. The predicted octanol–water partition coefficient (Wildman–Crippen LogP) is 3.30. The molecule has 2 rings (SSSR count). The van der Waals surface area contributed by atoms with Crippen LogP contribution in [0.2, 0.25) is 5.02 Å². The zero-order chi connectivity index (χ0) is 16.7. The van der Waals surface area contributed by atoms with E-state index in [2.05, 4.69) is 4.90 Å². The molecule has 0 aliphatic carbocycles. The molecule has 1 unspecified atom stereocenters. The molecule has 1 fully saturated rings. The molecule has 7 heteroatoms. The summed E-state index contributed by atoms with van der Waals surface area (Å²) >= 11 is 6.21. The Labute approximate surface area is 149 Å². The summed E-state index contributed by atoms with van der Waals surface area (Å²) in [5, 5.41) is 18.9. The highest BCUT2D eigenvalue weighted by molar-refractivity contribution is 8.77. The van der Waals surface area contributed by atoms with E-state index in [1.807, 2.05) is 24.3 Å². The lowest BCUT2D eigenvalue weighted by Crippen LogP contribution is -2.36. The van der Waals surface area contributed by atoms with Crippen LogP contribution in [0.4, 0.5) is 0 Å². The summed E-state index contributed by atoms with van der Waals surface area (Å²) in [5.74, 6) is -0.248. The average molecular weight is 374 g/mol. The number of piperidine rings is 1. The van der Waals surface area contributed by atoms with Gasteiger partial charge in [-0.3, -0.25) is 4.90 Å². The summed E-state index contributed by atoms with van der Waals surface area (Å²) in [7, 11) is 3.25. The van der Waals surface area contributed by atoms with Gasteiger partial charge in [-0.1, -0.05) is 51.4 Å². The molecular formula is C16H20ClNO3S2. The summed E-state index contributed by atoms with van der Waals surface area (Å²) in [5.41, 5.74) is 1.98. The van der Waals surface area contributed by atoms with E-state index in [1.165, 1.54) is 6.08 Å². The molecule has 1 aliphatic rings. The molecule has 23 heavy (non-hydrogen) atoms. The molecule has 0 saturated carbocycles. The van der Waals surface area contributed by atoms with Crippen molar-refractivity contribution in [3.05, 3.63) is 46.5 Å². The second-order valence-electron chi connectivity index (χ2n) is 5.28. The minimum absolute atomic E-state index is 0.140. The topological polar surface area (TPSA) is 60.8 Å². The van der Waals surface area contributed by atoms with Crippen LogP contribution in [-0.4, -0.2) is 51.8 Å². The maximum atomic E-state index is 11.1. The maximum absolute atomic E-state index is 11.1. The van der Waals surface area contributed by atoms with Crippen LogP contribution in [0.3, 0.4) is 0 Å². The highest BCUT2D eigenvalue weighted by atomic mass is 35.5. The molecule has 2 N–H and O–H groups in total. The zero-order valence-corrected chi connectivity index (χ0v) is 15.0. The summed E-state index contributed by atoms with van der Waals surface area (Å²) in [6.07, 6.45) is 2.22. The number of halogens is 1. The molecule has 0 spiro atoms. The van der Waals surface area contributed by atoms with Crippen LogP contribution in [0.1, 0.15) is 12.0 Å². The molecule has 1 atom stereocenters. The number of carboxylic acids is 1. The number of benzene rings is 1. The number of nitrogens with zero attached hydrogens (tertiary/aromatic N) is 1. The standard InChI is InChI=1S/C16H20ClNO3S2/c17-14-4-2-1-3-12(14)10-18-6-5-15(23-22-8-7-19)13(11-18)9-16(20)21/h1-4,9,15,19H,5-8,10-11H2,(H,20,21). The van der Waals surface area contributed by atoms with Gasteiger partial charge in [-0.15, -0.1) is 0 Å². The summed E-state index contributed by atoms with van der Waals surface area (Å²) in [6, 6.07) is 7.74. The van der Waals surface area contributed by atoms with Crippen molar-refractivity contribution in [3.8, 4) is 0 Å². The second kappa shape index (κ2) is 9.59. The molecule has 1 aliphatic heterocycles. The molecule has 1 aromatic rings. The first-order valence-electron chi connectivity index (χ1n) is 7.38. The quantitative estimate of drug-likeness (QED) is 0.434. The Morgan fingerprint density at radius 2 is 2.22 bits per heavy atom. The van der Waals surface area contributed by atoms with Crippen molar-refractivity contribution >= 4 is 39.2 Å². The first-order valence-corrected chi connectivity index (χ1v) is 10.1. The van der Waals surface area contributed by atoms with E-state index in [-0.39, 0.29) is 11.9 Å². The summed E-state index contributed by atoms with van der Waals surface area (Å²) < 4.78 is 0. The van der Waals surface area contributed by atoms with E-state index in [9.17, 15) is 4.79 Å². The van der Waals surface area contributed by atoms with Gasteiger partial charge in [0.25, 0.3) is 0 Å². The molecule has 1 aromatic carbocycles. The van der Waals surface area contributed by atoms with Crippen LogP contribution in [0.25, 0.3) is 0 Å². The Morgan fingerprint density at radius 3 is 2.91 bits per heavy atom. The van der Waals surface area contributed by atoms with Gasteiger partial charge in [-0.25, -0.2) is 4.79 Å². The van der Waals surface area contributed by atoms with Crippen molar-refractivity contribution in [1.82, 2.24) is 4.90 Å². The van der Waals surface area contributed by atoms with Crippen molar-refractivity contribution in [2.75, 3.05) is 25.4 Å². The Morgan fingerprint density at radius 1 is 1.43 bits per heavy atom. The fourth-order valence-corrected chi connectivity index (χ4v) is 5.16. The van der Waals surface area contributed by atoms with E-state index in [4.69, 9.17) is 21.8 Å². The van der Waals surface area contributed by atoms with Crippen LogP contribution < -0.4 is 0 Å². The van der Waals surface area contributed by atoms with Crippen molar-refractivity contribution in [1.29, 1.82) is 0 Å². The third kappa shape index (κ3) is 6.04. The third-order valence-electron chi connectivity index (χ3n) is 3.55. The van der Waals surface area contributed by atoms with Crippen molar-refractivity contribution in [3.63, 3.8) is 0 Å². The minimum Gasteiger partial charge on any atom is -0.478 e. The van der Waals surface area contributed by atoms with E-state index in [0.717, 1.165) is 35.7 Å². The molecule has 4 nitrogen and oxygen atoms in total. The van der Waals surface area contributed by atoms with Gasteiger partial charge in [0.1, 0.15) is 0 Å². The van der Waals surface area contributed by atoms with E-state index >= 15 is 0 Å². The van der Waals surface area contributed by atoms with E-state index < -0.39 is 5.97 Å². The number of hydrogen-bond donors (Lipinski definition) is 2. The molecule has 0 bridgehead atoms. The maximum Gasteiger partial charge on any atom is 0.328 e. The van der Waals surface area contributed by atoms with Crippen molar-refractivity contribution < 1.29 is 15.0 Å². The zero-order valence-electron chi connectivity index (χ0n) is 12.7. The third-order valence-corrected chi connectivity index (χ3v) is 6.78. The number of aliphatic hydroxyl groups is 1. The van der Waals surface area contributed by atoms with Gasteiger partial charge in [0.2, 0.25) is 0 Å². The summed E-state index contributed by atoms with van der Waals surface area (Å²) in [6.45, 7) is 2.40. The SMILES string of the molecule is O=C(O)C=C1CN(Cc2ccccc2Cl)CCC1SSCCO. The fraction of sp³-hybridized carbons (Fsp3) is 0.438. The monoisotopic (exact) mass is 373 g/mol. The number of carboxylic acid groups (broad SMARTS) is 1. The molecule has 0 aromatic heterocycles. The average Bonchev–Trinajstić information content (AvgIpc) is 2.51. The predicted molar refractivity (Wildman–Crippen MR) is 98.0 cm³/mol. The number of carbonyl (C=O) groups is 1. The number of aliphatic hydroxyl groups excluding tert-OH is 1. The Balaban J connectivity index is 2.01. The number of rotatable bonds is 7. The lowest BCUT2D eigenvalue weighted by atomic mass is 10.0. The highest BCUT2D eigenvalue weighted by Crippen LogP contribution is 2.36. The van der Waals surface area contributed by atoms with Gasteiger partial charge in [0, 0.05) is 41.7 Å². The highest BCUT2D eigenvalue weighted by Gasteiger charge is 2.25. The molecular weight excluding hydrogens is 354 g/mol. The fourth-order valence-electron chi connectivity index (χ4n) is 2.50.